The van der Waals surface area contributed by atoms with Crippen molar-refractivity contribution >= 4 is 5.91 Å². The molecule has 0 saturated carbocycles. The number of carbonyl (C=O) groups is 1. The molecule has 1 amide bonds. The van der Waals surface area contributed by atoms with Gasteiger partial charge in [-0.25, -0.2) is 0 Å². The van der Waals surface area contributed by atoms with Gasteiger partial charge in [0, 0.05) is 7.11 Å². The quantitative estimate of drug-likeness (QED) is 0.342. The molecule has 0 spiro atoms. The molecule has 0 aromatic carbocycles. The molecular formula is C9H17N3O3. The third kappa shape index (κ3) is 9.15. The second-order valence-corrected chi connectivity index (χ2v) is 3.01. The summed E-state index contributed by atoms with van der Waals surface area (Å²) in [4.78, 5) is 11.0. The van der Waals surface area contributed by atoms with Crippen LogP contribution in [0.5, 0.6) is 0 Å². The molecule has 0 saturated heterocycles. The molecule has 1 atom stereocenters. The summed E-state index contributed by atoms with van der Waals surface area (Å²) in [6.07, 6.45) is 0.0176. The molecule has 15 heavy (non-hydrogen) atoms. The van der Waals surface area contributed by atoms with E-state index in [1.807, 2.05) is 6.07 Å². The molecule has 0 rings (SSSR count). The molecule has 86 valence electrons. The smallest absolute Gasteiger partial charge is 0.234 e. The van der Waals surface area contributed by atoms with Crippen molar-refractivity contribution < 1.29 is 14.6 Å². The molecule has 0 aromatic heterocycles. The molecule has 0 heterocycles. The van der Waals surface area contributed by atoms with Gasteiger partial charge in [0.25, 0.3) is 0 Å². The highest BCUT2D eigenvalue weighted by Gasteiger charge is 2.03. The molecule has 0 aliphatic rings. The first-order chi connectivity index (χ1) is 7.20. The Labute approximate surface area is 89.2 Å². The van der Waals surface area contributed by atoms with E-state index in [2.05, 4.69) is 10.6 Å². The Kier molecular flexibility index (Phi) is 8.67. The summed E-state index contributed by atoms with van der Waals surface area (Å²) in [5, 5.41) is 22.7. The van der Waals surface area contributed by atoms with Crippen LogP contribution >= 0.6 is 0 Å². The van der Waals surface area contributed by atoms with E-state index >= 15 is 0 Å². The molecule has 0 radical (unpaired) electrons. The van der Waals surface area contributed by atoms with E-state index in [9.17, 15) is 9.90 Å². The Morgan fingerprint density at radius 2 is 2.40 bits per heavy atom. The van der Waals surface area contributed by atoms with Crippen LogP contribution in [-0.2, 0) is 9.53 Å². The summed E-state index contributed by atoms with van der Waals surface area (Å²) in [5.74, 6) is -0.224. The lowest BCUT2D eigenvalue weighted by atomic mass is 10.2. The lowest BCUT2D eigenvalue weighted by molar-refractivity contribution is -0.120. The van der Waals surface area contributed by atoms with Crippen molar-refractivity contribution in [1.29, 1.82) is 5.26 Å². The van der Waals surface area contributed by atoms with Gasteiger partial charge in [-0.15, -0.1) is 0 Å². The summed E-state index contributed by atoms with van der Waals surface area (Å²) in [7, 11) is 1.52. The zero-order valence-corrected chi connectivity index (χ0v) is 8.82. The number of methoxy groups -OCH3 is 1. The topological polar surface area (TPSA) is 94.4 Å². The number of rotatable bonds is 8. The Morgan fingerprint density at radius 3 is 3.00 bits per heavy atom. The zero-order chi connectivity index (χ0) is 11.5. The van der Waals surface area contributed by atoms with E-state index in [0.717, 1.165) is 0 Å². The standard InChI is InChI=1S/C9H17N3O3/c1-15-7-8(13)2-4-11-6-9(14)12-5-3-10/h8,11,13H,2,4-7H2,1H3,(H,12,14). The Morgan fingerprint density at radius 1 is 1.67 bits per heavy atom. The maximum absolute atomic E-state index is 11.0. The summed E-state index contributed by atoms with van der Waals surface area (Å²) in [6, 6.07) is 1.81. The number of ether oxygens (including phenoxy) is 1. The molecule has 6 heteroatoms. The minimum absolute atomic E-state index is 0.0206. The average molecular weight is 215 g/mol. The van der Waals surface area contributed by atoms with Crippen LogP contribution in [0.15, 0.2) is 0 Å². The summed E-state index contributed by atoms with van der Waals surface area (Å²) >= 11 is 0. The van der Waals surface area contributed by atoms with Gasteiger partial charge in [-0.05, 0) is 13.0 Å². The highest BCUT2D eigenvalue weighted by Crippen LogP contribution is 1.89. The fraction of sp³-hybridized carbons (Fsp3) is 0.778. The largest absolute Gasteiger partial charge is 0.391 e. The first-order valence-corrected chi connectivity index (χ1v) is 4.72. The van der Waals surface area contributed by atoms with Crippen LogP contribution in [0.25, 0.3) is 0 Å². The number of nitrogens with one attached hydrogen (secondary N) is 2. The second kappa shape index (κ2) is 9.40. The first kappa shape index (κ1) is 13.8. The Balaban J connectivity index is 3.30. The van der Waals surface area contributed by atoms with Gasteiger partial charge in [0.2, 0.25) is 5.91 Å². The number of carbonyl (C=O) groups excluding carboxylic acids is 1. The van der Waals surface area contributed by atoms with Crippen molar-refractivity contribution in [3.05, 3.63) is 0 Å². The maximum atomic E-state index is 11.0. The molecule has 0 aromatic rings. The summed E-state index contributed by atoms with van der Waals surface area (Å²) in [5.41, 5.74) is 0. The highest BCUT2D eigenvalue weighted by atomic mass is 16.5. The number of aliphatic hydroxyl groups excluding tert-OH is 1. The molecule has 6 nitrogen and oxygen atoms in total. The normalized spacial score (nSPS) is 11.8. The van der Waals surface area contributed by atoms with Gasteiger partial charge in [0.15, 0.2) is 0 Å². The van der Waals surface area contributed by atoms with Crippen LogP contribution < -0.4 is 10.6 Å². The lowest BCUT2D eigenvalue weighted by Gasteiger charge is -2.09. The van der Waals surface area contributed by atoms with Gasteiger partial charge in [0.05, 0.1) is 25.3 Å². The van der Waals surface area contributed by atoms with Gasteiger partial charge in [-0.1, -0.05) is 0 Å². The fourth-order valence-electron chi connectivity index (χ4n) is 0.947. The maximum Gasteiger partial charge on any atom is 0.234 e. The minimum atomic E-state index is -0.510. The van der Waals surface area contributed by atoms with Crippen molar-refractivity contribution in [2.45, 2.75) is 12.5 Å². The van der Waals surface area contributed by atoms with Crippen LogP contribution in [0.1, 0.15) is 6.42 Å². The third-order valence-corrected chi connectivity index (χ3v) is 1.66. The molecule has 0 aliphatic heterocycles. The van der Waals surface area contributed by atoms with E-state index in [-0.39, 0.29) is 19.0 Å². The van der Waals surface area contributed by atoms with E-state index in [4.69, 9.17) is 10.00 Å². The van der Waals surface area contributed by atoms with Crippen molar-refractivity contribution in [1.82, 2.24) is 10.6 Å². The van der Waals surface area contributed by atoms with Crippen molar-refractivity contribution in [2.75, 3.05) is 33.4 Å². The van der Waals surface area contributed by atoms with Gasteiger partial charge in [-0.3, -0.25) is 4.79 Å². The molecule has 3 N–H and O–H groups in total. The van der Waals surface area contributed by atoms with Crippen molar-refractivity contribution in [3.8, 4) is 6.07 Å². The lowest BCUT2D eigenvalue weighted by Crippen LogP contribution is -2.35. The van der Waals surface area contributed by atoms with E-state index < -0.39 is 6.10 Å². The number of hydrogen-bond acceptors (Lipinski definition) is 5. The van der Waals surface area contributed by atoms with E-state index in [0.29, 0.717) is 19.6 Å². The highest BCUT2D eigenvalue weighted by molar-refractivity contribution is 5.78. The molecule has 0 fully saturated rings. The van der Waals surface area contributed by atoms with E-state index in [1.54, 1.807) is 0 Å². The summed E-state index contributed by atoms with van der Waals surface area (Å²) in [6.45, 7) is 1.00. The predicted octanol–water partition coefficient (Wildman–Crippen LogP) is -1.39. The van der Waals surface area contributed by atoms with Crippen LogP contribution in [0.2, 0.25) is 0 Å². The van der Waals surface area contributed by atoms with Crippen LogP contribution in [0.3, 0.4) is 0 Å². The zero-order valence-electron chi connectivity index (χ0n) is 8.82. The number of nitrogens with zero attached hydrogens (tertiary/aromatic N) is 1. The number of hydrogen-bond donors (Lipinski definition) is 3. The number of amides is 1. The summed E-state index contributed by atoms with van der Waals surface area (Å²) < 4.78 is 4.74. The van der Waals surface area contributed by atoms with Crippen molar-refractivity contribution in [3.63, 3.8) is 0 Å². The Hall–Kier alpha value is -1.16. The minimum Gasteiger partial charge on any atom is -0.391 e. The second-order valence-electron chi connectivity index (χ2n) is 3.01. The Bertz CT molecular complexity index is 215. The van der Waals surface area contributed by atoms with Gasteiger partial charge in [-0.2, -0.15) is 5.26 Å². The third-order valence-electron chi connectivity index (χ3n) is 1.66. The molecule has 0 aliphatic carbocycles. The SMILES string of the molecule is COCC(O)CCNCC(=O)NCC#N. The molecule has 0 bridgehead atoms. The van der Waals surface area contributed by atoms with Crippen molar-refractivity contribution in [2.24, 2.45) is 0 Å². The fourth-order valence-corrected chi connectivity index (χ4v) is 0.947. The van der Waals surface area contributed by atoms with Crippen LogP contribution in [-0.4, -0.2) is 50.5 Å². The van der Waals surface area contributed by atoms with E-state index in [1.165, 1.54) is 7.11 Å². The van der Waals surface area contributed by atoms with Crippen LogP contribution in [0.4, 0.5) is 0 Å². The number of nitriles is 1. The molecular weight excluding hydrogens is 198 g/mol. The van der Waals surface area contributed by atoms with Crippen LogP contribution in [0, 0.1) is 11.3 Å². The van der Waals surface area contributed by atoms with Gasteiger partial charge in [0.1, 0.15) is 6.54 Å². The first-order valence-electron chi connectivity index (χ1n) is 4.72. The van der Waals surface area contributed by atoms with Gasteiger partial charge < -0.3 is 20.5 Å². The number of aliphatic hydroxyl groups is 1. The molecule has 1 unspecified atom stereocenters. The monoisotopic (exact) mass is 215 g/mol. The average Bonchev–Trinajstić information content (AvgIpc) is 2.22. The van der Waals surface area contributed by atoms with Gasteiger partial charge >= 0.3 is 0 Å². The predicted molar refractivity (Wildman–Crippen MR) is 54.0 cm³/mol.